The summed E-state index contributed by atoms with van der Waals surface area (Å²) in [4.78, 5) is 14.6. The van der Waals surface area contributed by atoms with Crippen LogP contribution in [0.4, 0.5) is 0 Å². The summed E-state index contributed by atoms with van der Waals surface area (Å²) in [6.07, 6.45) is 4.79. The Hall–Kier alpha value is -0.500. The molecule has 2 rings (SSSR count). The van der Waals surface area contributed by atoms with Crippen LogP contribution in [0.2, 0.25) is 0 Å². The molecule has 1 aromatic rings. The Labute approximate surface area is 146 Å². The Morgan fingerprint density at radius 2 is 2.29 bits per heavy atom. The SMILES string of the molecule is CSCCCN1C(=O)/C(=C/c2ccc(O)c(Br)c2)SC1=S. The molecule has 1 aliphatic rings. The molecular formula is C14H14BrNO2S3. The fourth-order valence-electron chi connectivity index (χ4n) is 1.82. The summed E-state index contributed by atoms with van der Waals surface area (Å²) in [5, 5.41) is 9.49. The number of carbonyl (C=O) groups excluding carboxylic acids is 1. The third-order valence-electron chi connectivity index (χ3n) is 2.87. The van der Waals surface area contributed by atoms with Crippen LogP contribution in [0, 0.1) is 0 Å². The lowest BCUT2D eigenvalue weighted by molar-refractivity contribution is -0.122. The van der Waals surface area contributed by atoms with Gasteiger partial charge < -0.3 is 5.11 Å². The number of thiocarbonyl (C=S) groups is 1. The number of hydrogen-bond acceptors (Lipinski definition) is 5. The summed E-state index contributed by atoms with van der Waals surface area (Å²) in [7, 11) is 0. The average Bonchev–Trinajstić information content (AvgIpc) is 2.70. The van der Waals surface area contributed by atoms with E-state index in [0.29, 0.717) is 20.2 Å². The number of benzene rings is 1. The molecule has 1 saturated heterocycles. The van der Waals surface area contributed by atoms with Gasteiger partial charge in [0.2, 0.25) is 0 Å². The molecule has 1 amide bonds. The highest BCUT2D eigenvalue weighted by atomic mass is 79.9. The summed E-state index contributed by atoms with van der Waals surface area (Å²) >= 11 is 11.6. The molecule has 1 N–H and O–H groups in total. The molecular weight excluding hydrogens is 390 g/mol. The van der Waals surface area contributed by atoms with E-state index in [2.05, 4.69) is 15.9 Å². The van der Waals surface area contributed by atoms with Gasteiger partial charge in [0.25, 0.3) is 5.91 Å². The molecule has 112 valence electrons. The van der Waals surface area contributed by atoms with Gasteiger partial charge in [0.05, 0.1) is 9.38 Å². The number of carbonyl (C=O) groups is 1. The van der Waals surface area contributed by atoms with Crippen LogP contribution in [-0.2, 0) is 4.79 Å². The van der Waals surface area contributed by atoms with E-state index in [1.54, 1.807) is 40.9 Å². The number of hydrogen-bond donors (Lipinski definition) is 1. The summed E-state index contributed by atoms with van der Waals surface area (Å²) in [5.41, 5.74) is 0.851. The van der Waals surface area contributed by atoms with Gasteiger partial charge in [-0.25, -0.2) is 0 Å². The first kappa shape index (κ1) is 16.9. The number of aromatic hydroxyl groups is 1. The Morgan fingerprint density at radius 3 is 2.95 bits per heavy atom. The quantitative estimate of drug-likeness (QED) is 0.455. The number of halogens is 1. The highest BCUT2D eigenvalue weighted by Gasteiger charge is 2.31. The number of nitrogens with zero attached hydrogens (tertiary/aromatic N) is 1. The minimum atomic E-state index is -0.0321. The maximum Gasteiger partial charge on any atom is 0.266 e. The van der Waals surface area contributed by atoms with E-state index in [4.69, 9.17) is 12.2 Å². The lowest BCUT2D eigenvalue weighted by Crippen LogP contribution is -2.29. The Morgan fingerprint density at radius 1 is 1.52 bits per heavy atom. The van der Waals surface area contributed by atoms with Crippen molar-refractivity contribution in [2.45, 2.75) is 6.42 Å². The number of amides is 1. The zero-order chi connectivity index (χ0) is 15.4. The summed E-state index contributed by atoms with van der Waals surface area (Å²) in [5.74, 6) is 1.16. The maximum absolute atomic E-state index is 12.3. The molecule has 1 fully saturated rings. The molecule has 0 bridgehead atoms. The molecule has 3 nitrogen and oxygen atoms in total. The van der Waals surface area contributed by atoms with Crippen molar-refractivity contribution in [2.24, 2.45) is 0 Å². The first-order valence-corrected chi connectivity index (χ1v) is 9.67. The highest BCUT2D eigenvalue weighted by Crippen LogP contribution is 2.33. The van der Waals surface area contributed by atoms with Crippen LogP contribution in [0.15, 0.2) is 27.6 Å². The van der Waals surface area contributed by atoms with E-state index in [0.717, 1.165) is 17.7 Å². The van der Waals surface area contributed by atoms with Gasteiger partial charge in [-0.1, -0.05) is 30.0 Å². The number of thioether (sulfide) groups is 2. The summed E-state index contributed by atoms with van der Waals surface area (Å²) < 4.78 is 1.22. The summed E-state index contributed by atoms with van der Waals surface area (Å²) in [6.45, 7) is 0.669. The lowest BCUT2D eigenvalue weighted by atomic mass is 10.2. The predicted molar refractivity (Wildman–Crippen MR) is 98.7 cm³/mol. The van der Waals surface area contributed by atoms with Crippen molar-refractivity contribution in [3.8, 4) is 5.75 Å². The molecule has 21 heavy (non-hydrogen) atoms. The van der Waals surface area contributed by atoms with Gasteiger partial charge in [-0.2, -0.15) is 11.8 Å². The van der Waals surface area contributed by atoms with Gasteiger partial charge in [0.15, 0.2) is 0 Å². The molecule has 0 radical (unpaired) electrons. The fourth-order valence-corrected chi connectivity index (χ4v) is 3.95. The van der Waals surface area contributed by atoms with Gasteiger partial charge in [-0.15, -0.1) is 0 Å². The van der Waals surface area contributed by atoms with Crippen molar-refractivity contribution in [2.75, 3.05) is 18.6 Å². The molecule has 0 spiro atoms. The van der Waals surface area contributed by atoms with Gasteiger partial charge in [0, 0.05) is 6.54 Å². The van der Waals surface area contributed by atoms with Crippen LogP contribution in [-0.4, -0.2) is 38.8 Å². The predicted octanol–water partition coefficient (Wildman–Crippen LogP) is 4.11. The van der Waals surface area contributed by atoms with E-state index in [1.807, 2.05) is 6.26 Å². The van der Waals surface area contributed by atoms with Crippen LogP contribution in [0.5, 0.6) is 5.75 Å². The van der Waals surface area contributed by atoms with Crippen molar-refractivity contribution >= 4 is 68.0 Å². The lowest BCUT2D eigenvalue weighted by Gasteiger charge is -2.13. The standard InChI is InChI=1S/C14H14BrNO2S3/c1-20-6-2-5-16-13(18)12(21-14(16)19)8-9-3-4-11(17)10(15)7-9/h3-4,7-8,17H,2,5-6H2,1H3/b12-8-. The molecule has 0 aliphatic carbocycles. The van der Waals surface area contributed by atoms with E-state index in [9.17, 15) is 9.90 Å². The van der Waals surface area contributed by atoms with E-state index < -0.39 is 0 Å². The third-order valence-corrected chi connectivity index (χ3v) is 5.58. The highest BCUT2D eigenvalue weighted by molar-refractivity contribution is 9.10. The molecule has 1 aromatic carbocycles. The number of phenols is 1. The monoisotopic (exact) mass is 403 g/mol. The van der Waals surface area contributed by atoms with Crippen molar-refractivity contribution in [1.29, 1.82) is 0 Å². The van der Waals surface area contributed by atoms with Crippen LogP contribution in [0.1, 0.15) is 12.0 Å². The Kier molecular flexibility index (Phi) is 6.16. The zero-order valence-electron chi connectivity index (χ0n) is 11.3. The number of phenolic OH excluding ortho intramolecular Hbond substituents is 1. The molecule has 0 atom stereocenters. The molecule has 0 aromatic heterocycles. The second-order valence-electron chi connectivity index (χ2n) is 4.39. The molecule has 0 saturated carbocycles. The minimum Gasteiger partial charge on any atom is -0.507 e. The van der Waals surface area contributed by atoms with Gasteiger partial charge in [-0.05, 0) is 58.1 Å². The minimum absolute atomic E-state index is 0.0321. The Balaban J connectivity index is 2.13. The van der Waals surface area contributed by atoms with Gasteiger partial charge in [-0.3, -0.25) is 9.69 Å². The first-order chi connectivity index (χ1) is 10.0. The smallest absolute Gasteiger partial charge is 0.266 e. The summed E-state index contributed by atoms with van der Waals surface area (Å²) in [6, 6.07) is 5.13. The largest absolute Gasteiger partial charge is 0.507 e. The molecule has 1 aliphatic heterocycles. The zero-order valence-corrected chi connectivity index (χ0v) is 15.4. The van der Waals surface area contributed by atoms with Gasteiger partial charge >= 0.3 is 0 Å². The van der Waals surface area contributed by atoms with Crippen LogP contribution < -0.4 is 0 Å². The molecule has 7 heteroatoms. The van der Waals surface area contributed by atoms with E-state index in [-0.39, 0.29) is 11.7 Å². The second-order valence-corrected chi connectivity index (χ2v) is 7.91. The third kappa shape index (κ3) is 4.25. The average molecular weight is 404 g/mol. The van der Waals surface area contributed by atoms with Crippen LogP contribution >= 0.6 is 51.7 Å². The molecule has 1 heterocycles. The van der Waals surface area contributed by atoms with Crippen molar-refractivity contribution in [3.63, 3.8) is 0 Å². The second kappa shape index (κ2) is 7.67. The van der Waals surface area contributed by atoms with Crippen LogP contribution in [0.25, 0.3) is 6.08 Å². The van der Waals surface area contributed by atoms with Crippen molar-refractivity contribution in [1.82, 2.24) is 4.90 Å². The molecule has 0 unspecified atom stereocenters. The van der Waals surface area contributed by atoms with Crippen molar-refractivity contribution < 1.29 is 9.90 Å². The topological polar surface area (TPSA) is 40.5 Å². The maximum atomic E-state index is 12.3. The van der Waals surface area contributed by atoms with E-state index >= 15 is 0 Å². The fraction of sp³-hybridized carbons (Fsp3) is 0.286. The first-order valence-electron chi connectivity index (χ1n) is 6.25. The normalized spacial score (nSPS) is 17.0. The number of rotatable bonds is 5. The van der Waals surface area contributed by atoms with Gasteiger partial charge in [0.1, 0.15) is 10.1 Å². The van der Waals surface area contributed by atoms with Crippen molar-refractivity contribution in [3.05, 3.63) is 33.1 Å². The Bertz CT molecular complexity index is 604. The van der Waals surface area contributed by atoms with E-state index in [1.165, 1.54) is 11.8 Å². The van der Waals surface area contributed by atoms with Crippen LogP contribution in [0.3, 0.4) is 0 Å².